The molecule has 2 heterocycles. The highest BCUT2D eigenvalue weighted by Gasteiger charge is 2.28. The van der Waals surface area contributed by atoms with E-state index in [2.05, 4.69) is 36.4 Å². The minimum Gasteiger partial charge on any atom is -0.355 e. The van der Waals surface area contributed by atoms with Gasteiger partial charge in [-0.3, -0.25) is 0 Å². The minimum atomic E-state index is 0.191. The third-order valence-electron chi connectivity index (χ3n) is 2.81. The molecular weight excluding hydrogens is 194 g/mol. The van der Waals surface area contributed by atoms with Crippen LogP contribution >= 0.6 is 11.3 Å². The van der Waals surface area contributed by atoms with Crippen LogP contribution in [0.1, 0.15) is 23.9 Å². The summed E-state index contributed by atoms with van der Waals surface area (Å²) in [6.45, 7) is 8.57. The summed E-state index contributed by atoms with van der Waals surface area (Å²) in [4.78, 5) is 5.81. The molecule has 78 valence electrons. The minimum absolute atomic E-state index is 0.191. The molecule has 1 fully saturated rings. The number of thiazole rings is 1. The average molecular weight is 211 g/mol. The molecule has 0 amide bonds. The number of nitrogens with zero attached hydrogens (tertiary/aromatic N) is 1. The molecule has 0 spiro atoms. The Morgan fingerprint density at radius 3 is 2.79 bits per heavy atom. The van der Waals surface area contributed by atoms with E-state index in [0.717, 1.165) is 23.9 Å². The Labute approximate surface area is 88.9 Å². The molecule has 1 aromatic heterocycles. The van der Waals surface area contributed by atoms with E-state index in [1.54, 1.807) is 11.3 Å². The average Bonchev–Trinajstić information content (AvgIpc) is 2.62. The second-order valence-electron chi connectivity index (χ2n) is 4.27. The van der Waals surface area contributed by atoms with Gasteiger partial charge in [0.25, 0.3) is 0 Å². The second kappa shape index (κ2) is 3.51. The van der Waals surface area contributed by atoms with Crippen LogP contribution in [0.4, 0.5) is 5.13 Å². The third kappa shape index (κ3) is 1.91. The van der Waals surface area contributed by atoms with Gasteiger partial charge in [-0.25, -0.2) is 4.98 Å². The van der Waals surface area contributed by atoms with Crippen molar-refractivity contribution in [1.29, 1.82) is 0 Å². The molecule has 0 aliphatic carbocycles. The fourth-order valence-corrected chi connectivity index (χ4v) is 2.67. The zero-order valence-corrected chi connectivity index (χ0v) is 9.79. The van der Waals surface area contributed by atoms with Gasteiger partial charge < -0.3 is 10.6 Å². The van der Waals surface area contributed by atoms with E-state index < -0.39 is 0 Å². The first kappa shape index (κ1) is 9.93. The van der Waals surface area contributed by atoms with Crippen LogP contribution in [0, 0.1) is 13.8 Å². The molecule has 1 unspecified atom stereocenters. The van der Waals surface area contributed by atoms with E-state index in [1.165, 1.54) is 11.3 Å². The molecule has 2 rings (SSSR count). The highest BCUT2D eigenvalue weighted by molar-refractivity contribution is 7.15. The number of hydrogen-bond donors (Lipinski definition) is 2. The maximum absolute atomic E-state index is 4.50. The number of aromatic nitrogens is 1. The molecule has 4 heteroatoms. The summed E-state index contributed by atoms with van der Waals surface area (Å²) in [6, 6.07) is 0. The summed E-state index contributed by atoms with van der Waals surface area (Å²) in [6.07, 6.45) is 1.17. The van der Waals surface area contributed by atoms with Gasteiger partial charge in [0.05, 0.1) is 11.2 Å². The molecule has 0 aromatic carbocycles. The Bertz CT molecular complexity index is 307. The molecule has 0 saturated carbocycles. The fourth-order valence-electron chi connectivity index (χ4n) is 1.71. The molecule has 1 atom stereocenters. The van der Waals surface area contributed by atoms with Crippen molar-refractivity contribution >= 4 is 16.5 Å². The quantitative estimate of drug-likeness (QED) is 0.785. The smallest absolute Gasteiger partial charge is 0.183 e. The summed E-state index contributed by atoms with van der Waals surface area (Å²) in [5.41, 5.74) is 1.34. The van der Waals surface area contributed by atoms with Crippen LogP contribution in [0.3, 0.4) is 0 Å². The number of aryl methyl sites for hydroxylation is 2. The van der Waals surface area contributed by atoms with Crippen molar-refractivity contribution in [3.63, 3.8) is 0 Å². The first-order valence-corrected chi connectivity index (χ1v) is 5.84. The second-order valence-corrected chi connectivity index (χ2v) is 5.48. The van der Waals surface area contributed by atoms with E-state index >= 15 is 0 Å². The van der Waals surface area contributed by atoms with E-state index in [9.17, 15) is 0 Å². The fraction of sp³-hybridized carbons (Fsp3) is 0.700. The zero-order chi connectivity index (χ0) is 10.2. The monoisotopic (exact) mass is 211 g/mol. The van der Waals surface area contributed by atoms with Gasteiger partial charge in [-0.2, -0.15) is 0 Å². The van der Waals surface area contributed by atoms with E-state index in [0.29, 0.717) is 0 Å². The van der Waals surface area contributed by atoms with Crippen LogP contribution in [0.5, 0.6) is 0 Å². The molecule has 1 aromatic rings. The van der Waals surface area contributed by atoms with Crippen molar-refractivity contribution in [3.8, 4) is 0 Å². The van der Waals surface area contributed by atoms with Gasteiger partial charge in [-0.15, -0.1) is 11.3 Å². The van der Waals surface area contributed by atoms with Crippen LogP contribution < -0.4 is 10.6 Å². The predicted molar refractivity (Wildman–Crippen MR) is 61.1 cm³/mol. The van der Waals surface area contributed by atoms with Crippen LogP contribution in [-0.4, -0.2) is 23.6 Å². The number of rotatable bonds is 2. The molecular formula is C10H17N3S. The summed E-state index contributed by atoms with van der Waals surface area (Å²) in [7, 11) is 0. The highest BCUT2D eigenvalue weighted by Crippen LogP contribution is 2.26. The normalized spacial score (nSPS) is 26.8. The van der Waals surface area contributed by atoms with E-state index in [4.69, 9.17) is 0 Å². The summed E-state index contributed by atoms with van der Waals surface area (Å²) >= 11 is 1.75. The molecule has 0 bridgehead atoms. The number of nitrogens with one attached hydrogen (secondary N) is 2. The first-order valence-electron chi connectivity index (χ1n) is 5.02. The van der Waals surface area contributed by atoms with Crippen molar-refractivity contribution < 1.29 is 0 Å². The zero-order valence-electron chi connectivity index (χ0n) is 8.98. The first-order chi connectivity index (χ1) is 6.59. The molecule has 2 N–H and O–H groups in total. The lowest BCUT2D eigenvalue weighted by Gasteiger charge is -2.23. The van der Waals surface area contributed by atoms with Gasteiger partial charge >= 0.3 is 0 Å². The largest absolute Gasteiger partial charge is 0.355 e. The van der Waals surface area contributed by atoms with Crippen LogP contribution in [0.25, 0.3) is 0 Å². The van der Waals surface area contributed by atoms with Gasteiger partial charge in [0.2, 0.25) is 0 Å². The third-order valence-corrected chi connectivity index (χ3v) is 3.79. The summed E-state index contributed by atoms with van der Waals surface area (Å²) < 4.78 is 0. The highest BCUT2D eigenvalue weighted by atomic mass is 32.1. The Morgan fingerprint density at radius 2 is 2.29 bits per heavy atom. The lowest BCUT2D eigenvalue weighted by Crippen LogP contribution is -2.36. The van der Waals surface area contributed by atoms with Gasteiger partial charge in [0.1, 0.15) is 0 Å². The maximum Gasteiger partial charge on any atom is 0.183 e. The van der Waals surface area contributed by atoms with Crippen molar-refractivity contribution in [2.75, 3.05) is 18.4 Å². The predicted octanol–water partition coefficient (Wildman–Crippen LogP) is 1.92. The van der Waals surface area contributed by atoms with E-state index in [1.807, 2.05) is 0 Å². The molecule has 1 aliphatic rings. The number of hydrogen-bond acceptors (Lipinski definition) is 4. The van der Waals surface area contributed by atoms with Crippen molar-refractivity contribution in [2.24, 2.45) is 0 Å². The van der Waals surface area contributed by atoms with Gasteiger partial charge in [0.15, 0.2) is 5.13 Å². The molecule has 0 radical (unpaired) electrons. The van der Waals surface area contributed by atoms with Crippen molar-refractivity contribution in [3.05, 3.63) is 10.6 Å². The van der Waals surface area contributed by atoms with E-state index in [-0.39, 0.29) is 5.54 Å². The topological polar surface area (TPSA) is 37.0 Å². The van der Waals surface area contributed by atoms with Crippen molar-refractivity contribution in [1.82, 2.24) is 10.3 Å². The maximum atomic E-state index is 4.50. The number of anilines is 1. The van der Waals surface area contributed by atoms with Gasteiger partial charge in [0, 0.05) is 11.4 Å². The molecule has 1 saturated heterocycles. The molecule has 3 nitrogen and oxygen atoms in total. The van der Waals surface area contributed by atoms with Crippen LogP contribution in [0.2, 0.25) is 0 Å². The lowest BCUT2D eigenvalue weighted by atomic mass is 10.0. The van der Waals surface area contributed by atoms with Crippen molar-refractivity contribution in [2.45, 2.75) is 32.7 Å². The Hall–Kier alpha value is -0.610. The standard InChI is InChI=1S/C10H17N3S/c1-7-8(2)14-9(12-7)13-10(3)4-5-11-6-10/h11H,4-6H2,1-3H3,(H,12,13). The van der Waals surface area contributed by atoms with Crippen LogP contribution in [-0.2, 0) is 0 Å². The lowest BCUT2D eigenvalue weighted by molar-refractivity contribution is 0.566. The summed E-state index contributed by atoms with van der Waals surface area (Å²) in [5.74, 6) is 0. The SMILES string of the molecule is Cc1nc(NC2(C)CCNC2)sc1C. The Balaban J connectivity index is 2.10. The Kier molecular flexibility index (Phi) is 2.49. The molecule has 1 aliphatic heterocycles. The summed E-state index contributed by atoms with van der Waals surface area (Å²) in [5, 5.41) is 7.95. The van der Waals surface area contributed by atoms with Crippen LogP contribution in [0.15, 0.2) is 0 Å². The Morgan fingerprint density at radius 1 is 1.50 bits per heavy atom. The van der Waals surface area contributed by atoms with Gasteiger partial charge in [-0.05, 0) is 33.7 Å². The molecule has 14 heavy (non-hydrogen) atoms. The van der Waals surface area contributed by atoms with Gasteiger partial charge in [-0.1, -0.05) is 0 Å².